The molecule has 1 amide bonds. The Morgan fingerprint density at radius 1 is 1.22 bits per heavy atom. The Morgan fingerprint density at radius 2 is 2.00 bits per heavy atom. The van der Waals surface area contributed by atoms with Crippen LogP contribution in [0.4, 0.5) is 10.2 Å². The van der Waals surface area contributed by atoms with Gasteiger partial charge < -0.3 is 10.6 Å². The minimum absolute atomic E-state index is 0. The van der Waals surface area contributed by atoms with Crippen LogP contribution >= 0.6 is 12.4 Å². The molecule has 32 heavy (non-hydrogen) atoms. The molecule has 3 heterocycles. The molecule has 2 N–H and O–H groups in total. The van der Waals surface area contributed by atoms with E-state index in [0.717, 1.165) is 36.3 Å². The highest BCUT2D eigenvalue weighted by Gasteiger charge is 2.30. The van der Waals surface area contributed by atoms with E-state index in [9.17, 15) is 9.18 Å². The number of nitrogens with zero attached hydrogens (tertiary/aromatic N) is 5. The van der Waals surface area contributed by atoms with Gasteiger partial charge in [0, 0.05) is 44.0 Å². The first-order valence-electron chi connectivity index (χ1n) is 10.4. The normalized spacial score (nSPS) is 16.4. The standard InChI is InChI=1S/C23H25FN6O.ClH/c1-15(16-4-6-17(24)7-5-16)11-21-28-18(12-19-14-26-8-9-27-19)13-22(29-21)30-10-2-3-20(30)23(25)31;/h4-9,13-15,20H,2-3,10-12H2,1H3,(H2,25,31);1H/t15-,20+;/m1./s1. The maximum Gasteiger partial charge on any atom is 0.240 e. The second-order valence-electron chi connectivity index (χ2n) is 7.92. The third-order valence-corrected chi connectivity index (χ3v) is 5.59. The van der Waals surface area contributed by atoms with Crippen molar-refractivity contribution in [2.45, 2.75) is 44.6 Å². The summed E-state index contributed by atoms with van der Waals surface area (Å²) in [6.07, 6.45) is 7.70. The van der Waals surface area contributed by atoms with Crippen molar-refractivity contribution in [2.75, 3.05) is 11.4 Å². The smallest absolute Gasteiger partial charge is 0.240 e. The van der Waals surface area contributed by atoms with Crippen molar-refractivity contribution >= 4 is 24.1 Å². The zero-order valence-corrected chi connectivity index (χ0v) is 18.6. The lowest BCUT2D eigenvalue weighted by atomic mass is 9.97. The Hall–Kier alpha value is -3.13. The summed E-state index contributed by atoms with van der Waals surface area (Å²) in [5, 5.41) is 0. The average Bonchev–Trinajstić information content (AvgIpc) is 3.25. The van der Waals surface area contributed by atoms with Crippen LogP contribution in [0, 0.1) is 5.82 Å². The highest BCUT2D eigenvalue weighted by Crippen LogP contribution is 2.26. The first kappa shape index (κ1) is 23.5. The maximum atomic E-state index is 13.3. The molecule has 0 saturated carbocycles. The van der Waals surface area contributed by atoms with E-state index in [0.29, 0.717) is 24.5 Å². The van der Waals surface area contributed by atoms with E-state index in [1.165, 1.54) is 12.1 Å². The second-order valence-corrected chi connectivity index (χ2v) is 7.92. The van der Waals surface area contributed by atoms with Gasteiger partial charge in [-0.15, -0.1) is 12.4 Å². The van der Waals surface area contributed by atoms with Gasteiger partial charge in [0.15, 0.2) is 0 Å². The van der Waals surface area contributed by atoms with Gasteiger partial charge in [-0.2, -0.15) is 0 Å². The third kappa shape index (κ3) is 5.56. The number of aromatic nitrogens is 4. The SMILES string of the molecule is C[C@H](Cc1nc(Cc2cnccn2)cc(N2CCC[C@H]2C(N)=O)n1)c1ccc(F)cc1.Cl. The van der Waals surface area contributed by atoms with Crippen LogP contribution in [0.3, 0.4) is 0 Å². The molecule has 168 valence electrons. The molecule has 0 aliphatic carbocycles. The zero-order chi connectivity index (χ0) is 21.8. The summed E-state index contributed by atoms with van der Waals surface area (Å²) in [6, 6.07) is 8.04. The van der Waals surface area contributed by atoms with E-state index >= 15 is 0 Å². The van der Waals surface area contributed by atoms with Crippen LogP contribution in [-0.2, 0) is 17.6 Å². The van der Waals surface area contributed by atoms with E-state index in [1.807, 2.05) is 11.0 Å². The molecule has 4 rings (SSSR count). The predicted molar refractivity (Wildman–Crippen MR) is 122 cm³/mol. The monoisotopic (exact) mass is 456 g/mol. The number of carbonyl (C=O) groups excluding carboxylic acids is 1. The number of anilines is 1. The summed E-state index contributed by atoms with van der Waals surface area (Å²) in [5.41, 5.74) is 8.25. The summed E-state index contributed by atoms with van der Waals surface area (Å²) in [5.74, 6) is 0.880. The van der Waals surface area contributed by atoms with Gasteiger partial charge in [-0.1, -0.05) is 19.1 Å². The summed E-state index contributed by atoms with van der Waals surface area (Å²) < 4.78 is 13.3. The molecule has 0 bridgehead atoms. The number of primary amides is 1. The van der Waals surface area contributed by atoms with Gasteiger partial charge in [0.25, 0.3) is 0 Å². The lowest BCUT2D eigenvalue weighted by molar-refractivity contribution is -0.119. The van der Waals surface area contributed by atoms with Crippen LogP contribution in [-0.4, -0.2) is 38.4 Å². The Labute approximate surface area is 192 Å². The maximum absolute atomic E-state index is 13.3. The minimum atomic E-state index is -0.360. The van der Waals surface area contributed by atoms with Gasteiger partial charge in [-0.25, -0.2) is 14.4 Å². The zero-order valence-electron chi connectivity index (χ0n) is 17.8. The number of amides is 1. The fraction of sp³-hybridized carbons (Fsp3) is 0.348. The average molecular weight is 457 g/mol. The molecule has 9 heteroatoms. The van der Waals surface area contributed by atoms with E-state index < -0.39 is 0 Å². The Morgan fingerprint density at radius 3 is 2.69 bits per heavy atom. The fourth-order valence-electron chi connectivity index (χ4n) is 3.99. The molecular weight excluding hydrogens is 431 g/mol. The first-order valence-corrected chi connectivity index (χ1v) is 10.4. The van der Waals surface area contributed by atoms with Crippen LogP contribution < -0.4 is 10.6 Å². The first-order chi connectivity index (χ1) is 15.0. The quantitative estimate of drug-likeness (QED) is 0.586. The summed E-state index contributed by atoms with van der Waals surface area (Å²) >= 11 is 0. The minimum Gasteiger partial charge on any atom is -0.368 e. The van der Waals surface area contributed by atoms with E-state index in [4.69, 9.17) is 15.7 Å². The lowest BCUT2D eigenvalue weighted by Crippen LogP contribution is -2.41. The molecule has 7 nitrogen and oxygen atoms in total. The Kier molecular flexibility index (Phi) is 7.69. The van der Waals surface area contributed by atoms with Crippen LogP contribution in [0.25, 0.3) is 0 Å². The largest absolute Gasteiger partial charge is 0.368 e. The molecule has 3 aromatic rings. The van der Waals surface area contributed by atoms with Crippen LogP contribution in [0.15, 0.2) is 48.9 Å². The third-order valence-electron chi connectivity index (χ3n) is 5.59. The van der Waals surface area contributed by atoms with Crippen molar-refractivity contribution < 1.29 is 9.18 Å². The molecule has 0 unspecified atom stereocenters. The lowest BCUT2D eigenvalue weighted by Gasteiger charge is -2.24. The number of carbonyl (C=O) groups is 1. The van der Waals surface area contributed by atoms with Gasteiger partial charge in [0.05, 0.1) is 11.4 Å². The van der Waals surface area contributed by atoms with Crippen molar-refractivity contribution in [3.8, 4) is 0 Å². The second kappa shape index (κ2) is 10.5. The fourth-order valence-corrected chi connectivity index (χ4v) is 3.99. The summed E-state index contributed by atoms with van der Waals surface area (Å²) in [6.45, 7) is 2.79. The van der Waals surface area contributed by atoms with Crippen LogP contribution in [0.5, 0.6) is 0 Å². The summed E-state index contributed by atoms with van der Waals surface area (Å²) in [7, 11) is 0. The van der Waals surface area contributed by atoms with Crippen molar-refractivity contribution in [3.63, 3.8) is 0 Å². The molecule has 2 atom stereocenters. The topological polar surface area (TPSA) is 97.9 Å². The van der Waals surface area contributed by atoms with Gasteiger partial charge >= 0.3 is 0 Å². The number of hydrogen-bond acceptors (Lipinski definition) is 6. The molecule has 2 aromatic heterocycles. The number of rotatable bonds is 7. The molecule has 0 spiro atoms. The highest BCUT2D eigenvalue weighted by atomic mass is 35.5. The number of benzene rings is 1. The molecule has 1 aromatic carbocycles. The Bertz CT molecular complexity index is 1050. The van der Waals surface area contributed by atoms with Crippen molar-refractivity contribution in [2.24, 2.45) is 5.73 Å². The summed E-state index contributed by atoms with van der Waals surface area (Å²) in [4.78, 5) is 31.9. The van der Waals surface area contributed by atoms with Gasteiger partial charge in [-0.3, -0.25) is 14.8 Å². The van der Waals surface area contributed by atoms with Crippen LogP contribution in [0.2, 0.25) is 0 Å². The molecule has 0 radical (unpaired) electrons. The van der Waals surface area contributed by atoms with E-state index in [2.05, 4.69) is 16.9 Å². The van der Waals surface area contributed by atoms with Crippen molar-refractivity contribution in [1.29, 1.82) is 0 Å². The molecule has 1 fully saturated rings. The number of hydrogen-bond donors (Lipinski definition) is 1. The molecule has 1 saturated heterocycles. The molecular formula is C23H26ClFN6O. The van der Waals surface area contributed by atoms with Crippen LogP contribution in [0.1, 0.15) is 48.5 Å². The number of nitrogens with two attached hydrogens (primary N) is 1. The molecule has 1 aliphatic rings. The molecule has 1 aliphatic heterocycles. The van der Waals surface area contributed by atoms with Gasteiger partial charge in [-0.05, 0) is 36.5 Å². The van der Waals surface area contributed by atoms with Gasteiger partial charge in [0.1, 0.15) is 23.5 Å². The Balaban J connectivity index is 0.00000289. The van der Waals surface area contributed by atoms with Crippen molar-refractivity contribution in [3.05, 3.63) is 77.5 Å². The van der Waals surface area contributed by atoms with E-state index in [-0.39, 0.29) is 36.1 Å². The number of halogens is 2. The predicted octanol–water partition coefficient (Wildman–Crippen LogP) is 3.22. The highest BCUT2D eigenvalue weighted by molar-refractivity contribution is 5.85. The van der Waals surface area contributed by atoms with Gasteiger partial charge in [0.2, 0.25) is 5.91 Å². The van der Waals surface area contributed by atoms with Crippen molar-refractivity contribution in [1.82, 2.24) is 19.9 Å². The van der Waals surface area contributed by atoms with E-state index in [1.54, 1.807) is 30.7 Å².